The van der Waals surface area contributed by atoms with Crippen LogP contribution in [0.1, 0.15) is 0 Å². The van der Waals surface area contributed by atoms with E-state index in [1.54, 1.807) is 22.7 Å². The summed E-state index contributed by atoms with van der Waals surface area (Å²) < 4.78 is 12.5. The van der Waals surface area contributed by atoms with Crippen molar-refractivity contribution >= 4 is 23.1 Å². The summed E-state index contributed by atoms with van der Waals surface area (Å²) in [5.74, 6) is 2.01. The zero-order valence-corrected chi connectivity index (χ0v) is 11.1. The third-order valence-electron chi connectivity index (χ3n) is 3.27. The summed E-state index contributed by atoms with van der Waals surface area (Å²) in [5, 5.41) is 0.625. The number of anilines is 1. The van der Waals surface area contributed by atoms with Crippen molar-refractivity contribution in [3.8, 4) is 22.8 Å². The van der Waals surface area contributed by atoms with Gasteiger partial charge in [-0.3, -0.25) is 4.40 Å². The first-order chi connectivity index (χ1) is 9.72. The third-order valence-corrected chi connectivity index (χ3v) is 3.51. The van der Waals surface area contributed by atoms with E-state index in [4.69, 9.17) is 26.8 Å². The van der Waals surface area contributed by atoms with Gasteiger partial charge in [-0.1, -0.05) is 11.6 Å². The van der Waals surface area contributed by atoms with Crippen molar-refractivity contribution in [2.75, 3.05) is 12.5 Å². The van der Waals surface area contributed by atoms with E-state index in [0.29, 0.717) is 27.9 Å². The monoisotopic (exact) mass is 287 g/mol. The highest BCUT2D eigenvalue weighted by Gasteiger charge is 2.17. The summed E-state index contributed by atoms with van der Waals surface area (Å²) in [6.07, 6.45) is 1.80. The summed E-state index contributed by atoms with van der Waals surface area (Å²) in [7, 11) is 0. The maximum atomic E-state index is 6.15. The molecule has 4 rings (SSSR count). The molecular formula is C14H10ClN3O2. The number of halogens is 1. The largest absolute Gasteiger partial charge is 0.454 e. The lowest BCUT2D eigenvalue weighted by atomic mass is 10.1. The fourth-order valence-electron chi connectivity index (χ4n) is 2.30. The molecule has 20 heavy (non-hydrogen) atoms. The molecule has 3 heterocycles. The Morgan fingerprint density at radius 2 is 2.00 bits per heavy atom. The number of hydrogen-bond acceptors (Lipinski definition) is 4. The van der Waals surface area contributed by atoms with Crippen LogP contribution in [0.5, 0.6) is 11.5 Å². The van der Waals surface area contributed by atoms with Crippen LogP contribution < -0.4 is 15.2 Å². The predicted molar refractivity (Wildman–Crippen MR) is 76.2 cm³/mol. The van der Waals surface area contributed by atoms with Crippen molar-refractivity contribution in [2.45, 2.75) is 0 Å². The molecule has 1 aromatic carbocycles. The second-order valence-electron chi connectivity index (χ2n) is 4.49. The van der Waals surface area contributed by atoms with Gasteiger partial charge in [-0.05, 0) is 24.3 Å². The molecule has 0 unspecified atom stereocenters. The number of rotatable bonds is 1. The maximum Gasteiger partial charge on any atom is 0.231 e. The normalized spacial score (nSPS) is 13.1. The minimum Gasteiger partial charge on any atom is -0.454 e. The van der Waals surface area contributed by atoms with Gasteiger partial charge in [0.05, 0.1) is 0 Å². The van der Waals surface area contributed by atoms with Crippen molar-refractivity contribution in [1.29, 1.82) is 0 Å². The van der Waals surface area contributed by atoms with E-state index >= 15 is 0 Å². The van der Waals surface area contributed by atoms with E-state index in [-0.39, 0.29) is 6.79 Å². The second kappa shape index (κ2) is 4.05. The van der Waals surface area contributed by atoms with Gasteiger partial charge in [0.2, 0.25) is 6.79 Å². The van der Waals surface area contributed by atoms with Crippen LogP contribution in [-0.4, -0.2) is 16.2 Å². The fourth-order valence-corrected chi connectivity index (χ4v) is 2.45. The number of hydrogen-bond donors (Lipinski definition) is 1. The van der Waals surface area contributed by atoms with Crippen LogP contribution in [0.4, 0.5) is 5.82 Å². The van der Waals surface area contributed by atoms with E-state index in [2.05, 4.69) is 4.98 Å². The Morgan fingerprint density at radius 3 is 2.90 bits per heavy atom. The lowest BCUT2D eigenvalue weighted by molar-refractivity contribution is 0.174. The molecule has 0 saturated carbocycles. The predicted octanol–water partition coefficient (Wildman–Crippen LogP) is 2.97. The molecule has 0 amide bonds. The fraction of sp³-hybridized carbons (Fsp3) is 0.0714. The highest BCUT2D eigenvalue weighted by Crippen LogP contribution is 2.37. The van der Waals surface area contributed by atoms with Crippen LogP contribution in [0.15, 0.2) is 36.5 Å². The number of fused-ring (bicyclic) bond motifs is 2. The molecule has 2 N–H and O–H groups in total. The molecule has 6 heteroatoms. The van der Waals surface area contributed by atoms with Crippen LogP contribution in [-0.2, 0) is 0 Å². The van der Waals surface area contributed by atoms with Gasteiger partial charge in [-0.2, -0.15) is 0 Å². The summed E-state index contributed by atoms with van der Waals surface area (Å²) in [6, 6.07) is 9.19. The first-order valence-electron chi connectivity index (χ1n) is 6.05. The minimum absolute atomic E-state index is 0.245. The quantitative estimate of drug-likeness (QED) is 0.747. The Kier molecular flexibility index (Phi) is 2.31. The lowest BCUT2D eigenvalue weighted by Crippen LogP contribution is -1.93. The minimum atomic E-state index is 0.245. The average molecular weight is 288 g/mol. The van der Waals surface area contributed by atoms with E-state index in [1.165, 1.54) is 0 Å². The van der Waals surface area contributed by atoms with Gasteiger partial charge in [0.25, 0.3) is 0 Å². The maximum absolute atomic E-state index is 6.15. The molecule has 0 fully saturated rings. The summed E-state index contributed by atoms with van der Waals surface area (Å²) in [6.45, 7) is 0.245. The first-order valence-corrected chi connectivity index (χ1v) is 6.43. The van der Waals surface area contributed by atoms with Crippen LogP contribution in [0, 0.1) is 0 Å². The molecule has 1 aliphatic heterocycles. The van der Waals surface area contributed by atoms with Crippen molar-refractivity contribution in [3.05, 3.63) is 41.6 Å². The number of imidazole rings is 1. The molecule has 100 valence electrons. The van der Waals surface area contributed by atoms with Gasteiger partial charge in [-0.25, -0.2) is 4.98 Å². The molecule has 2 aromatic heterocycles. The number of nitrogens with two attached hydrogens (primary N) is 1. The molecule has 0 saturated heterocycles. The number of ether oxygens (including phenoxy) is 2. The number of nitrogen functional groups attached to an aromatic ring is 1. The Balaban J connectivity index is 1.91. The average Bonchev–Trinajstić information content (AvgIpc) is 3.02. The van der Waals surface area contributed by atoms with Gasteiger partial charge in [-0.15, -0.1) is 0 Å². The molecule has 5 nitrogen and oxygen atoms in total. The van der Waals surface area contributed by atoms with Crippen LogP contribution in [0.25, 0.3) is 16.9 Å². The number of nitrogens with zero attached hydrogens (tertiary/aromatic N) is 2. The Hall–Kier alpha value is -2.40. The van der Waals surface area contributed by atoms with Gasteiger partial charge in [0.1, 0.15) is 17.2 Å². The molecule has 1 aliphatic rings. The highest BCUT2D eigenvalue weighted by atomic mass is 35.5. The third kappa shape index (κ3) is 1.60. The van der Waals surface area contributed by atoms with Gasteiger partial charge in [0, 0.05) is 22.8 Å². The molecule has 0 bridgehead atoms. The van der Waals surface area contributed by atoms with Crippen molar-refractivity contribution < 1.29 is 9.47 Å². The van der Waals surface area contributed by atoms with Crippen LogP contribution >= 0.6 is 11.6 Å². The van der Waals surface area contributed by atoms with Gasteiger partial charge < -0.3 is 15.2 Å². The van der Waals surface area contributed by atoms with Crippen molar-refractivity contribution in [3.63, 3.8) is 0 Å². The Morgan fingerprint density at radius 1 is 1.15 bits per heavy atom. The van der Waals surface area contributed by atoms with Gasteiger partial charge in [0.15, 0.2) is 11.5 Å². The molecule has 3 aromatic rings. The number of aromatic nitrogens is 2. The zero-order chi connectivity index (χ0) is 13.7. The Labute approximate surface area is 119 Å². The Bertz CT molecular complexity index is 829. The number of benzene rings is 1. The summed E-state index contributed by atoms with van der Waals surface area (Å²) in [5.41, 5.74) is 8.44. The standard InChI is InChI=1S/C14H10ClN3O2/c15-9-3-4-18-12(6-9)17-13(14(18)16)8-1-2-10-11(5-8)20-7-19-10/h1-6H,7,16H2. The molecular weight excluding hydrogens is 278 g/mol. The van der Waals surface area contributed by atoms with E-state index in [9.17, 15) is 0 Å². The first kappa shape index (κ1) is 11.4. The van der Waals surface area contributed by atoms with E-state index < -0.39 is 0 Å². The zero-order valence-electron chi connectivity index (χ0n) is 10.3. The summed E-state index contributed by atoms with van der Waals surface area (Å²) >= 11 is 5.97. The van der Waals surface area contributed by atoms with Crippen molar-refractivity contribution in [1.82, 2.24) is 9.38 Å². The topological polar surface area (TPSA) is 61.8 Å². The number of pyridine rings is 1. The van der Waals surface area contributed by atoms with E-state index in [1.807, 2.05) is 18.2 Å². The molecule has 0 atom stereocenters. The molecule has 0 radical (unpaired) electrons. The molecule has 0 aliphatic carbocycles. The van der Waals surface area contributed by atoms with Crippen LogP contribution in [0.3, 0.4) is 0 Å². The lowest BCUT2D eigenvalue weighted by Gasteiger charge is -2.01. The summed E-state index contributed by atoms with van der Waals surface area (Å²) in [4.78, 5) is 4.53. The van der Waals surface area contributed by atoms with Crippen molar-refractivity contribution in [2.24, 2.45) is 0 Å². The molecule has 0 spiro atoms. The van der Waals surface area contributed by atoms with Crippen LogP contribution in [0.2, 0.25) is 5.02 Å². The SMILES string of the molecule is Nc1c(-c2ccc3c(c2)OCO3)nc2cc(Cl)ccn12. The van der Waals surface area contributed by atoms with Gasteiger partial charge >= 0.3 is 0 Å². The second-order valence-corrected chi connectivity index (χ2v) is 4.92. The van der Waals surface area contributed by atoms with E-state index in [0.717, 1.165) is 11.3 Å². The smallest absolute Gasteiger partial charge is 0.231 e. The highest BCUT2D eigenvalue weighted by molar-refractivity contribution is 6.30.